The number of hydrogen-bond donors (Lipinski definition) is 0. The number of ketones is 1. The summed E-state index contributed by atoms with van der Waals surface area (Å²) in [6.07, 6.45) is 2.59. The van der Waals surface area contributed by atoms with E-state index in [4.69, 9.17) is 0 Å². The van der Waals surface area contributed by atoms with Crippen molar-refractivity contribution < 1.29 is 22.5 Å². The SMILES string of the molecule is O=C(CC1CCC1)c1cnn(Cc2ccc(-c3noc(C(F)(F)F)n3)s2)c1. The lowest BCUT2D eigenvalue weighted by Gasteiger charge is -2.23. The molecule has 1 aliphatic carbocycles. The molecule has 0 aliphatic heterocycles. The molecule has 3 heterocycles. The highest BCUT2D eigenvalue weighted by Crippen LogP contribution is 2.32. The largest absolute Gasteiger partial charge is 0.471 e. The van der Waals surface area contributed by atoms with Crippen LogP contribution in [0.15, 0.2) is 29.0 Å². The number of Topliss-reactive ketones (excluding diaryl/α,β-unsaturated/α-hetero) is 1. The van der Waals surface area contributed by atoms with E-state index in [1.807, 2.05) is 0 Å². The molecule has 3 aromatic rings. The molecule has 0 unspecified atom stereocenters. The fourth-order valence-electron chi connectivity index (χ4n) is 2.85. The molecule has 10 heteroatoms. The summed E-state index contributed by atoms with van der Waals surface area (Å²) in [7, 11) is 0. The smallest absolute Gasteiger partial charge is 0.329 e. The summed E-state index contributed by atoms with van der Waals surface area (Å²) < 4.78 is 43.5. The van der Waals surface area contributed by atoms with Crippen LogP contribution >= 0.6 is 11.3 Å². The highest BCUT2D eigenvalue weighted by molar-refractivity contribution is 7.15. The van der Waals surface area contributed by atoms with Crippen molar-refractivity contribution >= 4 is 17.1 Å². The van der Waals surface area contributed by atoms with Gasteiger partial charge in [-0.2, -0.15) is 23.3 Å². The summed E-state index contributed by atoms with van der Waals surface area (Å²) in [6.45, 7) is 0.408. The van der Waals surface area contributed by atoms with Crippen molar-refractivity contribution in [1.82, 2.24) is 19.9 Å². The van der Waals surface area contributed by atoms with Crippen molar-refractivity contribution in [1.29, 1.82) is 0 Å². The van der Waals surface area contributed by atoms with Gasteiger partial charge in [-0.25, -0.2) is 0 Å². The zero-order chi connectivity index (χ0) is 19.0. The maximum atomic E-state index is 12.6. The van der Waals surface area contributed by atoms with Gasteiger partial charge in [0, 0.05) is 17.5 Å². The first kappa shape index (κ1) is 17.9. The molecule has 0 radical (unpaired) electrons. The second-order valence-corrected chi connectivity index (χ2v) is 7.71. The van der Waals surface area contributed by atoms with E-state index in [-0.39, 0.29) is 11.6 Å². The van der Waals surface area contributed by atoms with Crippen LogP contribution in [0, 0.1) is 5.92 Å². The van der Waals surface area contributed by atoms with Gasteiger partial charge in [-0.1, -0.05) is 24.4 Å². The lowest BCUT2D eigenvalue weighted by Crippen LogP contribution is -2.15. The minimum Gasteiger partial charge on any atom is -0.329 e. The molecule has 142 valence electrons. The molecule has 0 saturated heterocycles. The second kappa shape index (κ2) is 6.91. The number of nitrogens with zero attached hydrogens (tertiary/aromatic N) is 4. The molecule has 1 saturated carbocycles. The Morgan fingerprint density at radius 2 is 2.15 bits per heavy atom. The molecule has 0 atom stereocenters. The highest BCUT2D eigenvalue weighted by atomic mass is 32.1. The summed E-state index contributed by atoms with van der Waals surface area (Å²) >= 11 is 1.25. The van der Waals surface area contributed by atoms with Crippen molar-refractivity contribution in [2.45, 2.75) is 38.4 Å². The quantitative estimate of drug-likeness (QED) is 0.576. The Labute approximate surface area is 156 Å². The zero-order valence-corrected chi connectivity index (χ0v) is 14.9. The first-order chi connectivity index (χ1) is 12.9. The van der Waals surface area contributed by atoms with Crippen molar-refractivity contribution in [2.24, 2.45) is 5.92 Å². The predicted molar refractivity (Wildman–Crippen MR) is 90.2 cm³/mol. The Morgan fingerprint density at radius 3 is 2.81 bits per heavy atom. The summed E-state index contributed by atoms with van der Waals surface area (Å²) in [5, 5.41) is 7.58. The number of alkyl halides is 3. The summed E-state index contributed by atoms with van der Waals surface area (Å²) in [4.78, 5) is 16.9. The zero-order valence-electron chi connectivity index (χ0n) is 14.1. The predicted octanol–water partition coefficient (Wildman–Crippen LogP) is 4.43. The maximum Gasteiger partial charge on any atom is 0.471 e. The number of carbonyl (C=O) groups excluding carboxylic acids is 1. The molecule has 4 rings (SSSR count). The van der Waals surface area contributed by atoms with Gasteiger partial charge in [0.15, 0.2) is 5.78 Å². The van der Waals surface area contributed by atoms with E-state index in [1.54, 1.807) is 29.2 Å². The third-order valence-electron chi connectivity index (χ3n) is 4.52. The minimum absolute atomic E-state index is 0.101. The van der Waals surface area contributed by atoms with Crippen molar-refractivity contribution in [3.63, 3.8) is 0 Å². The lowest BCUT2D eigenvalue weighted by molar-refractivity contribution is -0.159. The number of aromatic nitrogens is 4. The van der Waals surface area contributed by atoms with Gasteiger partial charge in [-0.3, -0.25) is 9.48 Å². The Balaban J connectivity index is 1.42. The molecule has 0 N–H and O–H groups in total. The topological polar surface area (TPSA) is 73.8 Å². The van der Waals surface area contributed by atoms with Crippen LogP contribution in [0.5, 0.6) is 0 Å². The van der Waals surface area contributed by atoms with Gasteiger partial charge in [0.25, 0.3) is 0 Å². The van der Waals surface area contributed by atoms with Crippen LogP contribution in [0.25, 0.3) is 10.7 Å². The van der Waals surface area contributed by atoms with Crippen LogP contribution in [0.2, 0.25) is 0 Å². The number of halogens is 3. The van der Waals surface area contributed by atoms with Crippen LogP contribution in [0.4, 0.5) is 13.2 Å². The molecule has 6 nitrogen and oxygen atoms in total. The summed E-state index contributed by atoms with van der Waals surface area (Å²) in [5.74, 6) is -0.869. The molecule has 0 amide bonds. The molecule has 3 aromatic heterocycles. The molecular weight excluding hydrogens is 381 g/mol. The van der Waals surface area contributed by atoms with Crippen LogP contribution in [0.3, 0.4) is 0 Å². The van der Waals surface area contributed by atoms with E-state index >= 15 is 0 Å². The van der Waals surface area contributed by atoms with E-state index < -0.39 is 12.1 Å². The average molecular weight is 396 g/mol. The van der Waals surface area contributed by atoms with Gasteiger partial charge < -0.3 is 4.52 Å². The van der Waals surface area contributed by atoms with Gasteiger partial charge in [0.1, 0.15) is 0 Å². The Kier molecular flexibility index (Phi) is 4.58. The van der Waals surface area contributed by atoms with Gasteiger partial charge in [-0.15, -0.1) is 11.3 Å². The first-order valence-corrected chi connectivity index (χ1v) is 9.26. The number of rotatable bonds is 6. The lowest BCUT2D eigenvalue weighted by atomic mass is 9.81. The van der Waals surface area contributed by atoms with Gasteiger partial charge >= 0.3 is 12.1 Å². The standard InChI is InChI=1S/C17H15F3N4O2S/c18-17(19,20)16-22-15(23-26-16)14-5-4-12(27-14)9-24-8-11(7-21-24)13(25)6-10-2-1-3-10/h4-5,7-8,10H,1-3,6,9H2. The maximum absolute atomic E-state index is 12.6. The molecule has 27 heavy (non-hydrogen) atoms. The van der Waals surface area contributed by atoms with Crippen LogP contribution in [0.1, 0.15) is 46.8 Å². The summed E-state index contributed by atoms with van der Waals surface area (Å²) in [5.41, 5.74) is 0.590. The van der Waals surface area contributed by atoms with E-state index in [9.17, 15) is 18.0 Å². The van der Waals surface area contributed by atoms with Crippen molar-refractivity contribution in [2.75, 3.05) is 0 Å². The van der Waals surface area contributed by atoms with Gasteiger partial charge in [0.2, 0.25) is 5.82 Å². The third-order valence-corrected chi connectivity index (χ3v) is 5.59. The Bertz CT molecular complexity index is 955. The molecule has 0 aromatic carbocycles. The fraction of sp³-hybridized carbons (Fsp3) is 0.412. The normalized spacial score (nSPS) is 15.1. The number of carbonyl (C=O) groups is 1. The van der Waals surface area contributed by atoms with E-state index in [2.05, 4.69) is 19.8 Å². The van der Waals surface area contributed by atoms with Gasteiger partial charge in [0.05, 0.1) is 23.2 Å². The van der Waals surface area contributed by atoms with Crippen LogP contribution in [-0.2, 0) is 12.7 Å². The van der Waals surface area contributed by atoms with E-state index in [0.29, 0.717) is 29.3 Å². The molecular formula is C17H15F3N4O2S. The minimum atomic E-state index is -4.66. The molecule has 0 bridgehead atoms. The van der Waals surface area contributed by atoms with Crippen molar-refractivity contribution in [3.8, 4) is 10.7 Å². The van der Waals surface area contributed by atoms with Crippen LogP contribution < -0.4 is 0 Å². The monoisotopic (exact) mass is 396 g/mol. The van der Waals surface area contributed by atoms with Crippen molar-refractivity contribution in [3.05, 3.63) is 40.9 Å². The number of hydrogen-bond acceptors (Lipinski definition) is 6. The average Bonchev–Trinajstić information content (AvgIpc) is 3.30. The first-order valence-electron chi connectivity index (χ1n) is 8.44. The third kappa shape index (κ3) is 3.95. The molecule has 0 spiro atoms. The Hall–Kier alpha value is -2.49. The van der Waals surface area contributed by atoms with Gasteiger partial charge in [-0.05, 0) is 18.1 Å². The number of thiophene rings is 1. The van der Waals surface area contributed by atoms with E-state index in [1.165, 1.54) is 17.8 Å². The highest BCUT2D eigenvalue weighted by Gasteiger charge is 2.38. The fourth-order valence-corrected chi connectivity index (χ4v) is 3.78. The Morgan fingerprint density at radius 1 is 1.33 bits per heavy atom. The molecule has 1 aliphatic rings. The van der Waals surface area contributed by atoms with Crippen LogP contribution in [-0.4, -0.2) is 25.7 Å². The molecule has 1 fully saturated rings. The second-order valence-electron chi connectivity index (χ2n) is 6.54. The summed E-state index contributed by atoms with van der Waals surface area (Å²) in [6, 6.07) is 3.40. The van der Waals surface area contributed by atoms with E-state index in [0.717, 1.165) is 17.7 Å².